The Morgan fingerprint density at radius 1 is 0.821 bits per heavy atom. The lowest BCUT2D eigenvalue weighted by Gasteiger charge is -2.27. The zero-order valence-corrected chi connectivity index (χ0v) is 17.9. The Bertz CT molecular complexity index is 645. The second-order valence-electron chi connectivity index (χ2n) is 5.05. The van der Waals surface area contributed by atoms with Crippen LogP contribution in [0.15, 0.2) is 0 Å². The molecule has 0 aromatic heterocycles. The molecule has 0 heterocycles. The molecular formula is C16H24O10P2. The highest BCUT2D eigenvalue weighted by atomic mass is 31.2. The number of terminal acetylenes is 2. The molecule has 0 spiro atoms. The number of ether oxygens (including phenoxy) is 2. The molecule has 0 aromatic rings. The van der Waals surface area contributed by atoms with Crippen LogP contribution in [0.1, 0.15) is 13.8 Å². The van der Waals surface area contributed by atoms with Gasteiger partial charge in [0.25, 0.3) is 0 Å². The van der Waals surface area contributed by atoms with Gasteiger partial charge in [-0.2, -0.15) is 0 Å². The van der Waals surface area contributed by atoms with Crippen molar-refractivity contribution in [2.75, 3.05) is 39.8 Å². The standard InChI is InChI=1S/C16H24O10P2/c1-7-11-21-15(17)13(25-27(5,19)23-9-3)14(16(18)22-12-8-2)26-28(6,20)24-10-4/h1-2,13-14H,9-12H2,3-6H3. The highest BCUT2D eigenvalue weighted by Crippen LogP contribution is 2.49. The molecule has 0 rings (SSSR count). The van der Waals surface area contributed by atoms with Gasteiger partial charge in [-0.05, 0) is 13.8 Å². The summed E-state index contributed by atoms with van der Waals surface area (Å²) in [6, 6.07) is 0. The second kappa shape index (κ2) is 12.7. The zero-order valence-electron chi connectivity index (χ0n) is 16.1. The highest BCUT2D eigenvalue weighted by Gasteiger charge is 2.45. The molecule has 0 aromatic carbocycles. The molecule has 0 aliphatic rings. The molecule has 0 bridgehead atoms. The molecule has 0 N–H and O–H groups in total. The van der Waals surface area contributed by atoms with E-state index in [1.54, 1.807) is 0 Å². The number of carbonyl (C=O) groups is 2. The third-order valence-electron chi connectivity index (χ3n) is 2.67. The molecule has 0 aliphatic carbocycles. The summed E-state index contributed by atoms with van der Waals surface area (Å²) in [6.45, 7) is 4.24. The fourth-order valence-corrected chi connectivity index (χ4v) is 4.05. The van der Waals surface area contributed by atoms with E-state index >= 15 is 0 Å². The average Bonchev–Trinajstić information content (AvgIpc) is 2.60. The summed E-state index contributed by atoms with van der Waals surface area (Å²) in [4.78, 5) is 24.7. The van der Waals surface area contributed by atoms with Gasteiger partial charge in [-0.15, -0.1) is 12.8 Å². The first-order valence-electron chi connectivity index (χ1n) is 8.04. The topological polar surface area (TPSA) is 124 Å². The van der Waals surface area contributed by atoms with Gasteiger partial charge >= 0.3 is 27.1 Å². The third kappa shape index (κ3) is 10.1. The minimum absolute atomic E-state index is 0.0157. The van der Waals surface area contributed by atoms with Gasteiger partial charge in [-0.1, -0.05) is 11.8 Å². The van der Waals surface area contributed by atoms with Crippen molar-refractivity contribution in [2.24, 2.45) is 0 Å². The van der Waals surface area contributed by atoms with Crippen molar-refractivity contribution >= 4 is 27.1 Å². The molecule has 10 nitrogen and oxygen atoms in total. The van der Waals surface area contributed by atoms with Gasteiger partial charge in [0.05, 0.1) is 13.2 Å². The minimum atomic E-state index is -3.85. The van der Waals surface area contributed by atoms with Crippen molar-refractivity contribution in [3.63, 3.8) is 0 Å². The lowest BCUT2D eigenvalue weighted by molar-refractivity contribution is -0.168. The Balaban J connectivity index is 5.95. The number of rotatable bonds is 13. The predicted molar refractivity (Wildman–Crippen MR) is 99.6 cm³/mol. The maximum Gasteiger partial charge on any atom is 0.340 e. The van der Waals surface area contributed by atoms with E-state index in [0.717, 1.165) is 13.3 Å². The molecule has 4 unspecified atom stereocenters. The van der Waals surface area contributed by atoms with E-state index in [9.17, 15) is 18.7 Å². The van der Waals surface area contributed by atoms with Crippen molar-refractivity contribution < 1.29 is 46.3 Å². The van der Waals surface area contributed by atoms with Crippen LogP contribution in [0.4, 0.5) is 0 Å². The molecule has 28 heavy (non-hydrogen) atoms. The van der Waals surface area contributed by atoms with E-state index in [0.29, 0.717) is 0 Å². The van der Waals surface area contributed by atoms with Crippen molar-refractivity contribution in [1.29, 1.82) is 0 Å². The summed E-state index contributed by atoms with van der Waals surface area (Å²) < 4.78 is 54.5. The van der Waals surface area contributed by atoms with Crippen LogP contribution < -0.4 is 0 Å². The molecule has 0 fully saturated rings. The molecule has 12 heteroatoms. The monoisotopic (exact) mass is 438 g/mol. The summed E-state index contributed by atoms with van der Waals surface area (Å²) in [5.74, 6) is 1.68. The van der Waals surface area contributed by atoms with Crippen LogP contribution in [0.2, 0.25) is 0 Å². The Hall–Kier alpha value is -1.64. The summed E-state index contributed by atoms with van der Waals surface area (Å²) in [7, 11) is -7.69. The van der Waals surface area contributed by atoms with Gasteiger partial charge < -0.3 is 18.5 Å². The molecule has 0 amide bonds. The number of hydrogen-bond acceptors (Lipinski definition) is 10. The lowest BCUT2D eigenvalue weighted by Crippen LogP contribution is -2.44. The lowest BCUT2D eigenvalue weighted by atomic mass is 10.2. The van der Waals surface area contributed by atoms with Gasteiger partial charge in [0, 0.05) is 13.3 Å². The number of esters is 2. The van der Waals surface area contributed by atoms with E-state index in [1.165, 1.54) is 13.8 Å². The van der Waals surface area contributed by atoms with E-state index < -0.39 is 52.6 Å². The van der Waals surface area contributed by atoms with E-state index in [-0.39, 0.29) is 13.2 Å². The van der Waals surface area contributed by atoms with Crippen LogP contribution in [0.5, 0.6) is 0 Å². The van der Waals surface area contributed by atoms with Crippen LogP contribution in [-0.2, 0) is 46.3 Å². The van der Waals surface area contributed by atoms with Gasteiger partial charge in [-0.3, -0.25) is 18.2 Å². The molecule has 4 atom stereocenters. The van der Waals surface area contributed by atoms with Crippen molar-refractivity contribution in [3.8, 4) is 24.7 Å². The van der Waals surface area contributed by atoms with Gasteiger partial charge in [0.15, 0.2) is 13.2 Å². The van der Waals surface area contributed by atoms with Crippen molar-refractivity contribution in [3.05, 3.63) is 0 Å². The maximum atomic E-state index is 12.4. The van der Waals surface area contributed by atoms with Crippen molar-refractivity contribution in [1.82, 2.24) is 0 Å². The quantitative estimate of drug-likeness (QED) is 0.239. The first kappa shape index (κ1) is 26.4. The van der Waals surface area contributed by atoms with Gasteiger partial charge in [-0.25, -0.2) is 9.59 Å². The fourth-order valence-electron chi connectivity index (χ4n) is 1.78. The number of carbonyl (C=O) groups excluding carboxylic acids is 2. The van der Waals surface area contributed by atoms with Crippen LogP contribution in [0, 0.1) is 24.7 Å². The van der Waals surface area contributed by atoms with E-state index in [2.05, 4.69) is 11.8 Å². The molecule has 0 radical (unpaired) electrons. The van der Waals surface area contributed by atoms with Crippen LogP contribution in [0.25, 0.3) is 0 Å². The van der Waals surface area contributed by atoms with Gasteiger partial charge in [0.1, 0.15) is 0 Å². The fraction of sp³-hybridized carbons (Fsp3) is 0.625. The smallest absolute Gasteiger partial charge is 0.340 e. The average molecular weight is 438 g/mol. The Morgan fingerprint density at radius 2 is 1.14 bits per heavy atom. The van der Waals surface area contributed by atoms with Gasteiger partial charge in [0.2, 0.25) is 12.2 Å². The Labute approximate surface area is 164 Å². The summed E-state index contributed by atoms with van der Waals surface area (Å²) in [6.07, 6.45) is 6.12. The van der Waals surface area contributed by atoms with E-state index in [4.69, 9.17) is 40.4 Å². The van der Waals surface area contributed by atoms with E-state index in [1.807, 2.05) is 0 Å². The molecule has 0 saturated heterocycles. The Kier molecular flexibility index (Phi) is 12.0. The normalized spacial score (nSPS) is 17.1. The number of hydrogen-bond donors (Lipinski definition) is 0. The van der Waals surface area contributed by atoms with Crippen LogP contribution >= 0.6 is 15.2 Å². The van der Waals surface area contributed by atoms with Crippen LogP contribution in [0.3, 0.4) is 0 Å². The maximum absolute atomic E-state index is 12.4. The molecular weight excluding hydrogens is 414 g/mol. The predicted octanol–water partition coefficient (Wildman–Crippen LogP) is 1.83. The summed E-state index contributed by atoms with van der Waals surface area (Å²) >= 11 is 0. The first-order valence-corrected chi connectivity index (χ1v) is 12.0. The summed E-state index contributed by atoms with van der Waals surface area (Å²) in [5.41, 5.74) is 0. The Morgan fingerprint density at radius 3 is 1.39 bits per heavy atom. The second-order valence-corrected chi connectivity index (χ2v) is 9.08. The summed E-state index contributed by atoms with van der Waals surface area (Å²) in [5, 5.41) is 0. The van der Waals surface area contributed by atoms with Crippen LogP contribution in [-0.4, -0.2) is 63.9 Å². The zero-order chi connectivity index (χ0) is 21.8. The molecule has 0 aliphatic heterocycles. The van der Waals surface area contributed by atoms with Crippen molar-refractivity contribution in [2.45, 2.75) is 26.1 Å². The SMILES string of the molecule is C#CCOC(=O)C(OP(C)(=O)OCC)C(OP(C)(=O)OCC)C(=O)OCC#C. The first-order chi connectivity index (χ1) is 13.0. The largest absolute Gasteiger partial charge is 0.450 e. The third-order valence-corrected chi connectivity index (χ3v) is 5.35. The minimum Gasteiger partial charge on any atom is -0.450 e. The molecule has 158 valence electrons. The molecule has 0 saturated carbocycles. The highest BCUT2D eigenvalue weighted by molar-refractivity contribution is 7.53.